The Morgan fingerprint density at radius 2 is 2.05 bits per heavy atom. The summed E-state index contributed by atoms with van der Waals surface area (Å²) >= 11 is 0. The summed E-state index contributed by atoms with van der Waals surface area (Å²) < 4.78 is 36.2. The Kier molecular flexibility index (Phi) is 8.16. The van der Waals surface area contributed by atoms with Crippen molar-refractivity contribution in [3.63, 3.8) is 0 Å². The number of nitrogens with zero attached hydrogens (tertiary/aromatic N) is 6. The first-order valence-electron chi connectivity index (χ1n) is 13.9. The molecule has 222 valence electrons. The van der Waals surface area contributed by atoms with E-state index >= 15 is 0 Å². The summed E-state index contributed by atoms with van der Waals surface area (Å²) in [6.45, 7) is 1.72. The number of sulfone groups is 1. The zero-order valence-corrected chi connectivity index (χ0v) is 24.4. The summed E-state index contributed by atoms with van der Waals surface area (Å²) in [5, 5.41) is 12.3. The number of hydroxylamine groups is 1. The quantitative estimate of drug-likeness (QED) is 0.257. The molecule has 0 unspecified atom stereocenters. The Hall–Kier alpha value is -4.62. The molecule has 13 heteroatoms. The van der Waals surface area contributed by atoms with Crippen molar-refractivity contribution in [3.8, 4) is 0 Å². The topological polar surface area (TPSA) is 124 Å². The highest BCUT2D eigenvalue weighted by Crippen LogP contribution is 2.33. The van der Waals surface area contributed by atoms with E-state index in [4.69, 9.17) is 4.84 Å². The molecule has 43 heavy (non-hydrogen) atoms. The standard InChI is InChI=1S/C30H31FN8O3S/c1-43(40,41)13-11-32-17-25-18-38(37-36-25)26-8-9-28-27(16-26)30(34-20-33-28)35-24-7-10-29-22(15-24)5-3-12-39(29)42-19-21-4-2-6-23(31)14-21/h2,4,6-10,14-17,20,37H,3,5,11-13,18-19H2,1H3,(H,33,34,35). The number of halogens is 1. The lowest BCUT2D eigenvalue weighted by Gasteiger charge is -2.30. The summed E-state index contributed by atoms with van der Waals surface area (Å²) in [6, 6.07) is 18.4. The van der Waals surface area contributed by atoms with Gasteiger partial charge in [0.1, 0.15) is 40.1 Å². The van der Waals surface area contributed by atoms with Crippen LogP contribution in [0.2, 0.25) is 0 Å². The van der Waals surface area contributed by atoms with Crippen LogP contribution in [0.15, 0.2) is 77.1 Å². The van der Waals surface area contributed by atoms with Crippen molar-refractivity contribution in [1.29, 1.82) is 0 Å². The van der Waals surface area contributed by atoms with Crippen molar-refractivity contribution in [2.45, 2.75) is 19.4 Å². The number of nitrogens with one attached hydrogen (secondary N) is 2. The van der Waals surface area contributed by atoms with E-state index in [-0.39, 0.29) is 18.1 Å². The number of anilines is 4. The summed E-state index contributed by atoms with van der Waals surface area (Å²) in [5.74, 6) is 0.397. The highest BCUT2D eigenvalue weighted by Gasteiger charge is 2.20. The summed E-state index contributed by atoms with van der Waals surface area (Å²) in [5.41, 5.74) is 9.17. The van der Waals surface area contributed by atoms with Gasteiger partial charge in [0.15, 0.2) is 0 Å². The van der Waals surface area contributed by atoms with E-state index in [1.54, 1.807) is 12.3 Å². The monoisotopic (exact) mass is 602 g/mol. The molecule has 0 fully saturated rings. The summed E-state index contributed by atoms with van der Waals surface area (Å²) in [6.07, 6.45) is 6.18. The van der Waals surface area contributed by atoms with Gasteiger partial charge in [-0.2, -0.15) is 5.10 Å². The minimum atomic E-state index is -3.06. The number of hydrogen-bond acceptors (Lipinski definition) is 11. The zero-order valence-electron chi connectivity index (χ0n) is 23.6. The molecule has 0 radical (unpaired) electrons. The lowest BCUT2D eigenvalue weighted by atomic mass is 10.0. The van der Waals surface area contributed by atoms with E-state index in [0.29, 0.717) is 24.7 Å². The van der Waals surface area contributed by atoms with Gasteiger partial charge in [-0.3, -0.25) is 19.9 Å². The molecule has 3 aromatic carbocycles. The molecule has 2 N–H and O–H groups in total. The molecule has 0 bridgehead atoms. The Morgan fingerprint density at radius 1 is 1.14 bits per heavy atom. The van der Waals surface area contributed by atoms with E-state index in [0.717, 1.165) is 58.5 Å². The molecule has 0 amide bonds. The van der Waals surface area contributed by atoms with Gasteiger partial charge in [-0.25, -0.2) is 28.3 Å². The molecule has 3 heterocycles. The van der Waals surface area contributed by atoms with Crippen LogP contribution in [-0.4, -0.2) is 62.0 Å². The lowest BCUT2D eigenvalue weighted by molar-refractivity contribution is 0.0906. The van der Waals surface area contributed by atoms with Crippen molar-refractivity contribution < 1.29 is 17.6 Å². The number of aliphatic imine (C=N–C) groups is 1. The van der Waals surface area contributed by atoms with Crippen LogP contribution in [0.5, 0.6) is 0 Å². The summed E-state index contributed by atoms with van der Waals surface area (Å²) in [7, 11) is -3.06. The van der Waals surface area contributed by atoms with Gasteiger partial charge in [-0.15, -0.1) is 0 Å². The first kappa shape index (κ1) is 28.5. The number of benzene rings is 3. The Balaban J connectivity index is 1.15. The largest absolute Gasteiger partial charge is 0.340 e. The van der Waals surface area contributed by atoms with E-state index in [1.165, 1.54) is 24.7 Å². The average Bonchev–Trinajstić information content (AvgIpc) is 3.47. The minimum Gasteiger partial charge on any atom is -0.340 e. The fraction of sp³-hybridized carbons (Fsp3) is 0.267. The molecule has 2 aliphatic rings. The van der Waals surface area contributed by atoms with Gasteiger partial charge in [0, 0.05) is 30.1 Å². The maximum Gasteiger partial charge on any atom is 0.149 e. The molecule has 0 aliphatic carbocycles. The predicted molar refractivity (Wildman–Crippen MR) is 167 cm³/mol. The van der Waals surface area contributed by atoms with Crippen LogP contribution < -0.4 is 20.9 Å². The molecule has 0 saturated carbocycles. The zero-order chi connectivity index (χ0) is 29.8. The summed E-state index contributed by atoms with van der Waals surface area (Å²) in [4.78, 5) is 19.2. The third-order valence-corrected chi connectivity index (χ3v) is 8.01. The molecular formula is C30H31FN8O3S. The number of hydrazone groups is 1. The van der Waals surface area contributed by atoms with E-state index in [1.807, 2.05) is 46.5 Å². The Bertz CT molecular complexity index is 1810. The number of hydrazine groups is 1. The molecule has 0 spiro atoms. The maximum atomic E-state index is 13.6. The Morgan fingerprint density at radius 3 is 2.91 bits per heavy atom. The van der Waals surface area contributed by atoms with Gasteiger partial charge in [0.25, 0.3) is 0 Å². The molecule has 11 nitrogen and oxygen atoms in total. The number of fused-ring (bicyclic) bond motifs is 2. The first-order chi connectivity index (χ1) is 20.8. The number of aryl methyl sites for hydroxylation is 1. The van der Waals surface area contributed by atoms with Crippen LogP contribution in [0.4, 0.5) is 27.3 Å². The van der Waals surface area contributed by atoms with Gasteiger partial charge < -0.3 is 5.32 Å². The smallest absolute Gasteiger partial charge is 0.149 e. The minimum absolute atomic E-state index is 0.00119. The van der Waals surface area contributed by atoms with Crippen molar-refractivity contribution in [1.82, 2.24) is 15.5 Å². The second-order valence-electron chi connectivity index (χ2n) is 10.5. The second kappa shape index (κ2) is 12.3. The SMILES string of the molecule is CS(=O)(=O)CCN=CC1=NNN(c2ccc3ncnc(Nc4ccc5c(c4)CCCN5OCc4cccc(F)c4)c3c2)C1. The van der Waals surface area contributed by atoms with E-state index < -0.39 is 9.84 Å². The van der Waals surface area contributed by atoms with Gasteiger partial charge in [0.05, 0.1) is 35.7 Å². The highest BCUT2D eigenvalue weighted by atomic mass is 32.2. The highest BCUT2D eigenvalue weighted by molar-refractivity contribution is 7.90. The van der Waals surface area contributed by atoms with Crippen LogP contribution in [0, 0.1) is 5.82 Å². The molecule has 4 aromatic rings. The van der Waals surface area contributed by atoms with Crippen molar-refractivity contribution >= 4 is 55.5 Å². The van der Waals surface area contributed by atoms with E-state index in [9.17, 15) is 12.8 Å². The maximum absolute atomic E-state index is 13.6. The van der Waals surface area contributed by atoms with E-state index in [2.05, 4.69) is 37.0 Å². The molecule has 6 rings (SSSR count). The van der Waals surface area contributed by atoms with Gasteiger partial charge in [-0.1, -0.05) is 12.1 Å². The second-order valence-corrected chi connectivity index (χ2v) is 12.7. The van der Waals surface area contributed by atoms with Gasteiger partial charge >= 0.3 is 0 Å². The van der Waals surface area contributed by atoms with Crippen LogP contribution in [0.1, 0.15) is 17.5 Å². The molecule has 1 aromatic heterocycles. The molecule has 0 saturated heterocycles. The Labute approximate surface area is 249 Å². The van der Waals surface area contributed by atoms with Crippen LogP contribution in [0.25, 0.3) is 10.9 Å². The van der Waals surface area contributed by atoms with Crippen LogP contribution >= 0.6 is 0 Å². The predicted octanol–water partition coefficient (Wildman–Crippen LogP) is 4.19. The average molecular weight is 603 g/mol. The van der Waals surface area contributed by atoms with Crippen LogP contribution in [0.3, 0.4) is 0 Å². The van der Waals surface area contributed by atoms with Crippen molar-refractivity contribution in [2.24, 2.45) is 10.1 Å². The number of rotatable bonds is 10. The molecule has 2 aliphatic heterocycles. The molecular weight excluding hydrogens is 571 g/mol. The lowest BCUT2D eigenvalue weighted by Crippen LogP contribution is -2.31. The van der Waals surface area contributed by atoms with Crippen molar-refractivity contribution in [3.05, 3.63) is 83.9 Å². The number of aromatic nitrogens is 2. The van der Waals surface area contributed by atoms with Crippen LogP contribution in [-0.2, 0) is 27.7 Å². The fourth-order valence-electron chi connectivity index (χ4n) is 4.97. The normalized spacial score (nSPS) is 15.1. The number of hydrogen-bond donors (Lipinski definition) is 2. The molecule has 0 atom stereocenters. The fourth-order valence-corrected chi connectivity index (χ4v) is 5.40. The first-order valence-corrected chi connectivity index (χ1v) is 15.9. The third kappa shape index (κ3) is 7.07. The van der Waals surface area contributed by atoms with Gasteiger partial charge in [0.2, 0.25) is 0 Å². The van der Waals surface area contributed by atoms with Crippen molar-refractivity contribution in [2.75, 3.05) is 47.0 Å². The third-order valence-electron chi connectivity index (χ3n) is 7.09. The van der Waals surface area contributed by atoms with Gasteiger partial charge in [-0.05, 0) is 72.5 Å².